The summed E-state index contributed by atoms with van der Waals surface area (Å²) in [5, 5.41) is 5.13. The summed E-state index contributed by atoms with van der Waals surface area (Å²) in [6.07, 6.45) is 1.96. The zero-order chi connectivity index (χ0) is 14.7. The summed E-state index contributed by atoms with van der Waals surface area (Å²) in [4.78, 5) is 4.59. The van der Waals surface area contributed by atoms with Crippen molar-refractivity contribution in [3.63, 3.8) is 0 Å². The van der Waals surface area contributed by atoms with Gasteiger partial charge in [-0.3, -0.25) is 4.99 Å². The van der Waals surface area contributed by atoms with Gasteiger partial charge in [0, 0.05) is 34.9 Å². The molecule has 4 heteroatoms. The fourth-order valence-corrected chi connectivity index (χ4v) is 2.45. The van der Waals surface area contributed by atoms with Gasteiger partial charge in [0.25, 0.3) is 0 Å². The first-order valence-corrected chi connectivity index (χ1v) is 7.26. The Morgan fingerprint density at radius 3 is 2.70 bits per heavy atom. The van der Waals surface area contributed by atoms with Crippen LogP contribution in [0.25, 0.3) is 16.6 Å². The van der Waals surface area contributed by atoms with E-state index in [2.05, 4.69) is 20.9 Å². The highest BCUT2D eigenvalue weighted by atomic mass is 35.5. The molecule has 0 saturated carbocycles. The largest absolute Gasteiger partial charge is 0.384 e. The molecule has 106 valence electrons. The van der Waals surface area contributed by atoms with Gasteiger partial charge in [0.05, 0.1) is 12.2 Å². The second-order valence-corrected chi connectivity index (χ2v) is 4.99. The van der Waals surface area contributed by atoms with Crippen molar-refractivity contribution in [1.29, 1.82) is 0 Å². The lowest BCUT2D eigenvalue weighted by atomic mass is 10.2. The second-order valence-electron chi connectivity index (χ2n) is 4.55. The third kappa shape index (κ3) is 2.73. The summed E-state index contributed by atoms with van der Waals surface area (Å²) in [6, 6.07) is 8.05. The molecule has 1 aromatic carbocycles. The van der Waals surface area contributed by atoms with Gasteiger partial charge in [0.15, 0.2) is 0 Å². The van der Waals surface area contributed by atoms with Gasteiger partial charge in [-0.15, -0.1) is 0 Å². The SMILES string of the molecule is CC.CC1=NC(c2cc3cc(Cl)ccc3n2C)=CNC1. The summed E-state index contributed by atoms with van der Waals surface area (Å²) < 4.78 is 2.14. The van der Waals surface area contributed by atoms with Gasteiger partial charge >= 0.3 is 0 Å². The van der Waals surface area contributed by atoms with Crippen LogP contribution < -0.4 is 5.32 Å². The number of hydrogen-bond donors (Lipinski definition) is 1. The van der Waals surface area contributed by atoms with E-state index in [-0.39, 0.29) is 0 Å². The molecule has 1 aliphatic rings. The third-order valence-electron chi connectivity index (χ3n) is 3.17. The van der Waals surface area contributed by atoms with E-state index in [9.17, 15) is 0 Å². The van der Waals surface area contributed by atoms with Crippen LogP contribution in [0.15, 0.2) is 35.5 Å². The number of benzene rings is 1. The Morgan fingerprint density at radius 1 is 1.25 bits per heavy atom. The number of hydrogen-bond acceptors (Lipinski definition) is 2. The highest BCUT2D eigenvalue weighted by Gasteiger charge is 2.12. The van der Waals surface area contributed by atoms with Crippen molar-refractivity contribution in [2.45, 2.75) is 20.8 Å². The van der Waals surface area contributed by atoms with E-state index in [0.717, 1.165) is 39.6 Å². The van der Waals surface area contributed by atoms with Crippen LogP contribution in [-0.2, 0) is 7.05 Å². The minimum Gasteiger partial charge on any atom is -0.384 e. The van der Waals surface area contributed by atoms with Crippen molar-refractivity contribution >= 4 is 33.9 Å². The Kier molecular flexibility index (Phi) is 4.50. The molecule has 1 N–H and O–H groups in total. The van der Waals surface area contributed by atoms with Gasteiger partial charge in [-0.25, -0.2) is 0 Å². The van der Waals surface area contributed by atoms with Crippen molar-refractivity contribution in [2.24, 2.45) is 12.0 Å². The first-order valence-electron chi connectivity index (χ1n) is 6.88. The summed E-state index contributed by atoms with van der Waals surface area (Å²) in [5.74, 6) is 0. The van der Waals surface area contributed by atoms with Crippen molar-refractivity contribution in [3.05, 3.63) is 41.2 Å². The number of aromatic nitrogens is 1. The average molecular weight is 290 g/mol. The van der Waals surface area contributed by atoms with E-state index in [0.29, 0.717) is 0 Å². The second kappa shape index (κ2) is 6.14. The van der Waals surface area contributed by atoms with Crippen molar-refractivity contribution < 1.29 is 0 Å². The van der Waals surface area contributed by atoms with Gasteiger partial charge in [0.1, 0.15) is 5.70 Å². The van der Waals surface area contributed by atoms with Gasteiger partial charge in [-0.1, -0.05) is 25.4 Å². The zero-order valence-electron chi connectivity index (χ0n) is 12.4. The molecule has 3 nitrogen and oxygen atoms in total. The Morgan fingerprint density at radius 2 is 2.00 bits per heavy atom. The van der Waals surface area contributed by atoms with Crippen molar-refractivity contribution in [1.82, 2.24) is 9.88 Å². The Labute approximate surface area is 125 Å². The molecular formula is C16H20ClN3. The Balaban J connectivity index is 0.000000704. The van der Waals surface area contributed by atoms with Gasteiger partial charge < -0.3 is 9.88 Å². The molecule has 1 aromatic heterocycles. The number of aryl methyl sites for hydroxylation is 1. The minimum atomic E-state index is 0.759. The zero-order valence-corrected chi connectivity index (χ0v) is 13.1. The minimum absolute atomic E-state index is 0.759. The van der Waals surface area contributed by atoms with E-state index >= 15 is 0 Å². The average Bonchev–Trinajstić information content (AvgIpc) is 2.78. The molecule has 0 atom stereocenters. The number of fused-ring (bicyclic) bond motifs is 1. The summed E-state index contributed by atoms with van der Waals surface area (Å²) in [6.45, 7) is 6.85. The maximum absolute atomic E-state index is 6.03. The van der Waals surface area contributed by atoms with E-state index in [1.807, 2.05) is 52.2 Å². The summed E-state index contributed by atoms with van der Waals surface area (Å²) >= 11 is 6.03. The van der Waals surface area contributed by atoms with Crippen LogP contribution in [0.2, 0.25) is 5.02 Å². The molecule has 0 spiro atoms. The normalized spacial score (nSPS) is 14.1. The predicted molar refractivity (Wildman–Crippen MR) is 88.4 cm³/mol. The monoisotopic (exact) mass is 289 g/mol. The molecule has 0 aliphatic carbocycles. The number of rotatable bonds is 1. The Bertz CT molecular complexity index is 680. The maximum Gasteiger partial charge on any atom is 0.102 e. The maximum atomic E-state index is 6.03. The number of nitrogens with zero attached hydrogens (tertiary/aromatic N) is 2. The van der Waals surface area contributed by atoms with Crippen LogP contribution >= 0.6 is 11.6 Å². The predicted octanol–water partition coefficient (Wildman–Crippen LogP) is 4.22. The molecule has 20 heavy (non-hydrogen) atoms. The molecule has 0 fully saturated rings. The smallest absolute Gasteiger partial charge is 0.102 e. The van der Waals surface area contributed by atoms with Crippen LogP contribution in [0.4, 0.5) is 0 Å². The van der Waals surface area contributed by atoms with Crippen LogP contribution in [0.3, 0.4) is 0 Å². The topological polar surface area (TPSA) is 29.3 Å². The van der Waals surface area contributed by atoms with Crippen molar-refractivity contribution in [2.75, 3.05) is 6.54 Å². The standard InChI is InChI=1S/C14H14ClN3.C2H6/c1-9-7-16-8-12(17-9)14-6-10-5-11(15)3-4-13(10)18(14)2;1-2/h3-6,8,16H,7H2,1-2H3;1-2H3. The van der Waals surface area contributed by atoms with Gasteiger partial charge in [-0.2, -0.15) is 0 Å². The number of halogens is 1. The van der Waals surface area contributed by atoms with E-state index in [1.165, 1.54) is 0 Å². The number of nitrogens with one attached hydrogen (secondary N) is 1. The summed E-state index contributed by atoms with van der Waals surface area (Å²) in [5.41, 5.74) is 4.32. The lowest BCUT2D eigenvalue weighted by Crippen LogP contribution is -2.20. The molecule has 2 heterocycles. The first kappa shape index (κ1) is 14.7. The molecule has 0 bridgehead atoms. The molecule has 0 amide bonds. The van der Waals surface area contributed by atoms with Crippen LogP contribution in [0.5, 0.6) is 0 Å². The quantitative estimate of drug-likeness (QED) is 0.837. The fraction of sp³-hybridized carbons (Fsp3) is 0.312. The first-order chi connectivity index (χ1) is 9.65. The molecule has 1 aliphatic heterocycles. The molecule has 0 radical (unpaired) electrons. The molecule has 0 saturated heterocycles. The molecular weight excluding hydrogens is 270 g/mol. The van der Waals surface area contributed by atoms with Gasteiger partial charge in [-0.05, 0) is 31.2 Å². The fourth-order valence-electron chi connectivity index (χ4n) is 2.27. The van der Waals surface area contributed by atoms with E-state index in [4.69, 9.17) is 11.6 Å². The lowest BCUT2D eigenvalue weighted by molar-refractivity contribution is 0.927. The third-order valence-corrected chi connectivity index (χ3v) is 3.41. The van der Waals surface area contributed by atoms with E-state index < -0.39 is 0 Å². The number of aliphatic imine (C=N–C) groups is 1. The van der Waals surface area contributed by atoms with Crippen LogP contribution in [0, 0.1) is 0 Å². The van der Waals surface area contributed by atoms with Gasteiger partial charge in [0.2, 0.25) is 0 Å². The molecule has 2 aromatic rings. The van der Waals surface area contributed by atoms with Crippen LogP contribution in [-0.4, -0.2) is 16.8 Å². The highest BCUT2D eigenvalue weighted by molar-refractivity contribution is 6.31. The highest BCUT2D eigenvalue weighted by Crippen LogP contribution is 2.27. The molecule has 0 unspecified atom stereocenters. The molecule has 3 rings (SSSR count). The Hall–Kier alpha value is -1.74. The lowest BCUT2D eigenvalue weighted by Gasteiger charge is -2.12. The van der Waals surface area contributed by atoms with Crippen LogP contribution in [0.1, 0.15) is 26.5 Å². The summed E-state index contributed by atoms with van der Waals surface area (Å²) in [7, 11) is 2.05. The van der Waals surface area contributed by atoms with Crippen molar-refractivity contribution in [3.8, 4) is 0 Å². The van der Waals surface area contributed by atoms with E-state index in [1.54, 1.807) is 0 Å².